The van der Waals surface area contributed by atoms with Gasteiger partial charge in [-0.15, -0.1) is 0 Å². The van der Waals surface area contributed by atoms with Crippen LogP contribution in [0.2, 0.25) is 5.02 Å². The molecule has 0 unspecified atom stereocenters. The fourth-order valence-electron chi connectivity index (χ4n) is 3.29. The molecule has 8 nitrogen and oxygen atoms in total. The predicted octanol–water partition coefficient (Wildman–Crippen LogP) is 2.87. The molecule has 1 N–H and O–H groups in total. The van der Waals surface area contributed by atoms with Crippen molar-refractivity contribution in [2.24, 2.45) is 0 Å². The third-order valence-electron chi connectivity index (χ3n) is 4.90. The van der Waals surface area contributed by atoms with E-state index in [4.69, 9.17) is 16.3 Å². The van der Waals surface area contributed by atoms with Crippen molar-refractivity contribution in [3.05, 3.63) is 87.3 Å². The first-order valence-electron chi connectivity index (χ1n) is 9.73. The molecular weight excluding hydrogens is 437 g/mol. The quantitative estimate of drug-likeness (QED) is 0.462. The predicted molar refractivity (Wildman–Crippen MR) is 118 cm³/mol. The fraction of sp³-hybridized carbons (Fsp3) is 0.182. The number of halogens is 2. The van der Waals surface area contributed by atoms with Crippen molar-refractivity contribution in [3.63, 3.8) is 0 Å². The molecule has 0 atom stereocenters. The molecular formula is C22H19ClFN5O3. The number of nitrogens with one attached hydrogen (secondary N) is 1. The van der Waals surface area contributed by atoms with E-state index in [1.165, 1.54) is 42.4 Å². The van der Waals surface area contributed by atoms with Gasteiger partial charge in [-0.3, -0.25) is 14.2 Å². The number of methoxy groups -OCH3 is 1. The van der Waals surface area contributed by atoms with Gasteiger partial charge in [-0.2, -0.15) is 5.10 Å². The molecule has 0 fully saturated rings. The summed E-state index contributed by atoms with van der Waals surface area (Å²) in [6, 6.07) is 10.7. The van der Waals surface area contributed by atoms with E-state index < -0.39 is 0 Å². The number of hydrogen-bond acceptors (Lipinski definition) is 5. The van der Waals surface area contributed by atoms with Crippen LogP contribution in [0.1, 0.15) is 15.9 Å². The Labute approximate surface area is 187 Å². The molecule has 0 aliphatic heterocycles. The molecule has 2 aromatic heterocycles. The number of benzene rings is 2. The summed E-state index contributed by atoms with van der Waals surface area (Å²) in [6.45, 7) is 0.836. The highest BCUT2D eigenvalue weighted by Gasteiger charge is 2.14. The summed E-state index contributed by atoms with van der Waals surface area (Å²) in [4.78, 5) is 29.6. The number of aromatic nitrogens is 4. The molecule has 4 aromatic rings. The van der Waals surface area contributed by atoms with Gasteiger partial charge in [0.2, 0.25) is 0 Å². The average Bonchev–Trinajstić information content (AvgIpc) is 3.20. The summed E-state index contributed by atoms with van der Waals surface area (Å²) in [5.41, 5.74) is 1.27. The molecule has 0 saturated heterocycles. The summed E-state index contributed by atoms with van der Waals surface area (Å²) in [5.74, 6) is -0.257. The van der Waals surface area contributed by atoms with Gasteiger partial charge in [0.1, 0.15) is 23.3 Å². The minimum atomic E-state index is -0.338. The molecule has 0 bridgehead atoms. The summed E-state index contributed by atoms with van der Waals surface area (Å²) in [7, 11) is 1.48. The maximum Gasteiger partial charge on any atom is 0.264 e. The van der Waals surface area contributed by atoms with Gasteiger partial charge in [-0.1, -0.05) is 23.7 Å². The van der Waals surface area contributed by atoms with Crippen LogP contribution < -0.4 is 15.6 Å². The number of nitrogens with zero attached hydrogens (tertiary/aromatic N) is 4. The van der Waals surface area contributed by atoms with Crippen molar-refractivity contribution in [1.82, 2.24) is 24.6 Å². The van der Waals surface area contributed by atoms with E-state index in [0.29, 0.717) is 33.9 Å². The summed E-state index contributed by atoms with van der Waals surface area (Å²) in [5, 5.41) is 7.80. The monoisotopic (exact) mass is 455 g/mol. The fourth-order valence-corrected chi connectivity index (χ4v) is 3.46. The van der Waals surface area contributed by atoms with Gasteiger partial charge in [0.15, 0.2) is 5.65 Å². The first-order valence-corrected chi connectivity index (χ1v) is 10.1. The lowest BCUT2D eigenvalue weighted by molar-refractivity contribution is 0.0949. The molecule has 0 aliphatic carbocycles. The van der Waals surface area contributed by atoms with Crippen molar-refractivity contribution in [1.29, 1.82) is 0 Å². The second kappa shape index (κ2) is 9.19. The zero-order valence-electron chi connectivity index (χ0n) is 17.1. The second-order valence-electron chi connectivity index (χ2n) is 7.01. The molecule has 4 rings (SSSR count). The van der Waals surface area contributed by atoms with Gasteiger partial charge in [-0.25, -0.2) is 14.1 Å². The number of ether oxygens (including phenoxy) is 1. The molecule has 2 aromatic carbocycles. The number of fused-ring (bicyclic) bond motifs is 1. The molecule has 0 aliphatic rings. The van der Waals surface area contributed by atoms with Crippen LogP contribution in [-0.4, -0.2) is 38.9 Å². The maximum absolute atomic E-state index is 13.1. The first kappa shape index (κ1) is 21.5. The Morgan fingerprint density at radius 1 is 1.22 bits per heavy atom. The Bertz CT molecular complexity index is 1330. The Morgan fingerprint density at radius 3 is 2.75 bits per heavy atom. The van der Waals surface area contributed by atoms with Crippen LogP contribution in [-0.2, 0) is 13.1 Å². The average molecular weight is 456 g/mol. The lowest BCUT2D eigenvalue weighted by Crippen LogP contribution is -2.28. The molecule has 0 saturated carbocycles. The van der Waals surface area contributed by atoms with E-state index in [-0.39, 0.29) is 30.4 Å². The third kappa shape index (κ3) is 4.47. The minimum absolute atomic E-state index is 0.252. The van der Waals surface area contributed by atoms with E-state index in [9.17, 15) is 14.0 Å². The lowest BCUT2D eigenvalue weighted by Gasteiger charge is -2.10. The third-order valence-corrected chi connectivity index (χ3v) is 5.14. The lowest BCUT2D eigenvalue weighted by atomic mass is 10.2. The highest BCUT2D eigenvalue weighted by molar-refractivity contribution is 6.31. The maximum atomic E-state index is 13.1. The van der Waals surface area contributed by atoms with Crippen molar-refractivity contribution < 1.29 is 13.9 Å². The topological polar surface area (TPSA) is 91.0 Å². The Morgan fingerprint density at radius 2 is 2.00 bits per heavy atom. The van der Waals surface area contributed by atoms with Crippen LogP contribution in [0.3, 0.4) is 0 Å². The van der Waals surface area contributed by atoms with Crippen LogP contribution in [0.5, 0.6) is 5.75 Å². The van der Waals surface area contributed by atoms with Crippen molar-refractivity contribution in [3.8, 4) is 5.75 Å². The van der Waals surface area contributed by atoms with Crippen LogP contribution in [0, 0.1) is 5.82 Å². The molecule has 164 valence electrons. The van der Waals surface area contributed by atoms with Gasteiger partial charge in [-0.05, 0) is 35.9 Å². The molecule has 0 radical (unpaired) electrons. The van der Waals surface area contributed by atoms with Gasteiger partial charge in [0.25, 0.3) is 11.5 Å². The second-order valence-corrected chi connectivity index (χ2v) is 7.45. The number of hydrogen-bond donors (Lipinski definition) is 1. The van der Waals surface area contributed by atoms with Crippen LogP contribution >= 0.6 is 11.6 Å². The van der Waals surface area contributed by atoms with Gasteiger partial charge in [0.05, 0.1) is 32.0 Å². The van der Waals surface area contributed by atoms with Crippen LogP contribution in [0.15, 0.2) is 59.8 Å². The van der Waals surface area contributed by atoms with E-state index in [0.717, 1.165) is 5.56 Å². The Balaban J connectivity index is 1.46. The van der Waals surface area contributed by atoms with Gasteiger partial charge >= 0.3 is 0 Å². The number of carbonyl (C=O) groups excluding carboxylic acids is 1. The van der Waals surface area contributed by atoms with Crippen molar-refractivity contribution in [2.45, 2.75) is 13.1 Å². The molecule has 10 heteroatoms. The van der Waals surface area contributed by atoms with E-state index in [1.807, 2.05) is 0 Å². The largest absolute Gasteiger partial charge is 0.496 e. The van der Waals surface area contributed by atoms with Gasteiger partial charge in [0, 0.05) is 11.6 Å². The summed E-state index contributed by atoms with van der Waals surface area (Å²) in [6.07, 6.45) is 2.88. The van der Waals surface area contributed by atoms with E-state index >= 15 is 0 Å². The van der Waals surface area contributed by atoms with Gasteiger partial charge < -0.3 is 10.1 Å². The van der Waals surface area contributed by atoms with E-state index in [2.05, 4.69) is 15.4 Å². The summed E-state index contributed by atoms with van der Waals surface area (Å²) < 4.78 is 21.3. The van der Waals surface area contributed by atoms with Crippen molar-refractivity contribution in [2.75, 3.05) is 13.7 Å². The Hall–Kier alpha value is -3.72. The van der Waals surface area contributed by atoms with Crippen LogP contribution in [0.4, 0.5) is 4.39 Å². The molecule has 32 heavy (non-hydrogen) atoms. The number of carbonyl (C=O) groups is 1. The zero-order valence-corrected chi connectivity index (χ0v) is 17.8. The smallest absolute Gasteiger partial charge is 0.264 e. The number of rotatable bonds is 7. The van der Waals surface area contributed by atoms with E-state index in [1.54, 1.807) is 28.9 Å². The van der Waals surface area contributed by atoms with Crippen LogP contribution in [0.25, 0.3) is 11.0 Å². The Kier molecular flexibility index (Phi) is 6.18. The molecule has 1 amide bonds. The highest BCUT2D eigenvalue weighted by Crippen LogP contribution is 2.22. The minimum Gasteiger partial charge on any atom is -0.496 e. The summed E-state index contributed by atoms with van der Waals surface area (Å²) >= 11 is 5.98. The van der Waals surface area contributed by atoms with Crippen molar-refractivity contribution >= 4 is 28.5 Å². The molecule has 2 heterocycles. The standard InChI is InChI=1S/C22H19ClFN5O3/c1-32-19-7-4-15(23)10-17(19)21(30)25-8-9-29-20-18(11-27-29)22(31)28(13-26-20)12-14-2-5-16(24)6-3-14/h2-7,10-11,13H,8-9,12H2,1H3,(H,25,30). The molecule has 0 spiro atoms. The first-order chi connectivity index (χ1) is 15.5. The number of amides is 1. The zero-order chi connectivity index (χ0) is 22.7. The normalized spacial score (nSPS) is 11.0. The highest BCUT2D eigenvalue weighted by atomic mass is 35.5. The SMILES string of the molecule is COc1ccc(Cl)cc1C(=O)NCCn1ncc2c(=O)n(Cc3ccc(F)cc3)cnc21.